The molecule has 1 fully saturated rings. The normalized spacial score (nSPS) is 15.2. The zero-order chi connectivity index (χ0) is 18.8. The predicted octanol–water partition coefficient (Wildman–Crippen LogP) is 3.03. The lowest BCUT2D eigenvalue weighted by Crippen LogP contribution is -2.39. The molecule has 27 heavy (non-hydrogen) atoms. The summed E-state index contributed by atoms with van der Waals surface area (Å²) in [6.45, 7) is 3.46. The number of H-pyrrole nitrogens is 1. The van der Waals surface area contributed by atoms with Crippen molar-refractivity contribution >= 4 is 17.2 Å². The average molecular weight is 382 g/mol. The molecule has 1 aromatic carbocycles. The zero-order valence-electron chi connectivity index (χ0n) is 15.2. The topological polar surface area (TPSA) is 71.0 Å². The molecule has 140 valence electrons. The molecule has 7 heteroatoms. The second kappa shape index (κ2) is 7.52. The molecule has 0 atom stereocenters. The first kappa shape index (κ1) is 17.7. The van der Waals surface area contributed by atoms with Gasteiger partial charge < -0.3 is 4.90 Å². The van der Waals surface area contributed by atoms with Crippen LogP contribution in [0.1, 0.15) is 34.6 Å². The smallest absolute Gasteiger partial charge is 0.339 e. The molecular weight excluding hydrogens is 360 g/mol. The van der Waals surface area contributed by atoms with Gasteiger partial charge in [-0.2, -0.15) is 5.10 Å². The monoisotopic (exact) mass is 382 g/mol. The minimum absolute atomic E-state index is 0.113. The lowest BCUT2D eigenvalue weighted by Gasteiger charge is -2.32. The first-order valence-electron chi connectivity index (χ1n) is 9.18. The minimum atomic E-state index is -0.195. The molecule has 0 radical (unpaired) electrons. The van der Waals surface area contributed by atoms with Crippen molar-refractivity contribution < 1.29 is 4.79 Å². The van der Waals surface area contributed by atoms with Gasteiger partial charge in [0.05, 0.1) is 0 Å². The fourth-order valence-electron chi connectivity index (χ4n) is 3.67. The van der Waals surface area contributed by atoms with Crippen molar-refractivity contribution in [1.29, 1.82) is 0 Å². The summed E-state index contributed by atoms with van der Waals surface area (Å²) in [5.41, 5.74) is 1.61. The van der Waals surface area contributed by atoms with Crippen LogP contribution in [-0.2, 0) is 6.42 Å². The minimum Gasteiger partial charge on any atom is -0.339 e. The summed E-state index contributed by atoms with van der Waals surface area (Å²) in [6.07, 6.45) is 2.58. The Hall–Kier alpha value is -2.67. The predicted molar refractivity (Wildman–Crippen MR) is 106 cm³/mol. The van der Waals surface area contributed by atoms with Gasteiger partial charge in [0.25, 0.3) is 5.91 Å². The summed E-state index contributed by atoms with van der Waals surface area (Å²) in [6, 6.07) is 11.6. The standard InChI is InChI=1S/C20H22N4O2S/c1-14-5-2-3-6-16(14)19(25)23-10-8-15(9-11-23)13-17-21-22-20(26)24(17)18-7-4-12-27-18/h2-7,12,15H,8-11,13H2,1H3,(H,22,26). The van der Waals surface area contributed by atoms with E-state index in [2.05, 4.69) is 10.2 Å². The highest BCUT2D eigenvalue weighted by molar-refractivity contribution is 7.12. The highest BCUT2D eigenvalue weighted by Crippen LogP contribution is 2.24. The number of thiophene rings is 1. The van der Waals surface area contributed by atoms with E-state index in [9.17, 15) is 9.59 Å². The zero-order valence-corrected chi connectivity index (χ0v) is 16.0. The van der Waals surface area contributed by atoms with Gasteiger partial charge in [-0.15, -0.1) is 11.3 Å². The van der Waals surface area contributed by atoms with Gasteiger partial charge in [0.15, 0.2) is 0 Å². The van der Waals surface area contributed by atoms with Crippen LogP contribution in [0.5, 0.6) is 0 Å². The maximum absolute atomic E-state index is 12.8. The largest absolute Gasteiger partial charge is 0.348 e. The van der Waals surface area contributed by atoms with Gasteiger partial charge >= 0.3 is 5.69 Å². The highest BCUT2D eigenvalue weighted by Gasteiger charge is 2.26. The Morgan fingerprint density at radius 2 is 2.00 bits per heavy atom. The quantitative estimate of drug-likeness (QED) is 0.754. The third kappa shape index (κ3) is 3.60. The molecular formula is C20H22N4O2S. The van der Waals surface area contributed by atoms with E-state index in [-0.39, 0.29) is 11.6 Å². The number of aromatic amines is 1. The third-order valence-corrected chi connectivity index (χ3v) is 6.07. The number of piperidine rings is 1. The van der Waals surface area contributed by atoms with Gasteiger partial charge in [-0.3, -0.25) is 4.79 Å². The molecule has 1 aliphatic heterocycles. The number of aromatic nitrogens is 3. The molecule has 1 N–H and O–H groups in total. The van der Waals surface area contributed by atoms with Crippen LogP contribution < -0.4 is 5.69 Å². The first-order chi connectivity index (χ1) is 13.1. The Balaban J connectivity index is 1.42. The molecule has 6 nitrogen and oxygen atoms in total. The van der Waals surface area contributed by atoms with Crippen LogP contribution in [0.2, 0.25) is 0 Å². The number of hydrogen-bond acceptors (Lipinski definition) is 4. The molecule has 1 amide bonds. The Morgan fingerprint density at radius 3 is 2.70 bits per heavy atom. The number of amides is 1. The van der Waals surface area contributed by atoms with Gasteiger partial charge in [0, 0.05) is 25.1 Å². The van der Waals surface area contributed by atoms with E-state index in [1.807, 2.05) is 53.6 Å². The van der Waals surface area contributed by atoms with Crippen molar-refractivity contribution in [2.45, 2.75) is 26.2 Å². The lowest BCUT2D eigenvalue weighted by molar-refractivity contribution is 0.0689. The van der Waals surface area contributed by atoms with E-state index in [0.717, 1.165) is 54.3 Å². The van der Waals surface area contributed by atoms with E-state index in [1.165, 1.54) is 11.3 Å². The summed E-state index contributed by atoms with van der Waals surface area (Å²) < 4.78 is 1.66. The molecule has 3 heterocycles. The molecule has 0 saturated carbocycles. The molecule has 4 rings (SSSR count). The maximum Gasteiger partial charge on any atom is 0.348 e. The third-order valence-electron chi connectivity index (χ3n) is 5.22. The van der Waals surface area contributed by atoms with Gasteiger partial charge in [0.2, 0.25) is 0 Å². The van der Waals surface area contributed by atoms with E-state index >= 15 is 0 Å². The SMILES string of the molecule is Cc1ccccc1C(=O)N1CCC(Cc2n[nH]c(=O)n2-c2cccs2)CC1. The molecule has 0 aliphatic carbocycles. The fourth-order valence-corrected chi connectivity index (χ4v) is 4.42. The van der Waals surface area contributed by atoms with Crippen LogP contribution in [0, 0.1) is 12.8 Å². The second-order valence-corrected chi connectivity index (χ2v) is 7.91. The molecule has 0 spiro atoms. The van der Waals surface area contributed by atoms with Crippen molar-refractivity contribution in [1.82, 2.24) is 19.7 Å². The van der Waals surface area contributed by atoms with E-state index < -0.39 is 0 Å². The van der Waals surface area contributed by atoms with Crippen LogP contribution in [0.25, 0.3) is 5.00 Å². The maximum atomic E-state index is 12.8. The van der Waals surface area contributed by atoms with Crippen LogP contribution in [0.15, 0.2) is 46.6 Å². The van der Waals surface area contributed by atoms with Crippen LogP contribution >= 0.6 is 11.3 Å². The fraction of sp³-hybridized carbons (Fsp3) is 0.350. The second-order valence-electron chi connectivity index (χ2n) is 6.99. The van der Waals surface area contributed by atoms with Crippen molar-refractivity contribution in [3.8, 4) is 5.00 Å². The summed E-state index contributed by atoms with van der Waals surface area (Å²) >= 11 is 1.52. The number of rotatable bonds is 4. The number of carbonyl (C=O) groups excluding carboxylic acids is 1. The van der Waals surface area contributed by atoms with Crippen LogP contribution in [-0.4, -0.2) is 38.7 Å². The van der Waals surface area contributed by atoms with Gasteiger partial charge in [-0.1, -0.05) is 18.2 Å². The summed E-state index contributed by atoms with van der Waals surface area (Å²) in [5.74, 6) is 1.30. The summed E-state index contributed by atoms with van der Waals surface area (Å²) in [4.78, 5) is 26.8. The summed E-state index contributed by atoms with van der Waals surface area (Å²) in [5, 5.41) is 9.64. The van der Waals surface area contributed by atoms with Crippen LogP contribution in [0.4, 0.5) is 0 Å². The van der Waals surface area contributed by atoms with E-state index in [4.69, 9.17) is 0 Å². The molecule has 0 bridgehead atoms. The number of carbonyl (C=O) groups is 1. The van der Waals surface area contributed by atoms with Crippen molar-refractivity contribution in [2.75, 3.05) is 13.1 Å². The van der Waals surface area contributed by atoms with Gasteiger partial charge in [0.1, 0.15) is 10.8 Å². The van der Waals surface area contributed by atoms with Crippen LogP contribution in [0.3, 0.4) is 0 Å². The van der Waals surface area contributed by atoms with Gasteiger partial charge in [-0.05, 0) is 54.8 Å². The average Bonchev–Trinajstić information content (AvgIpc) is 3.32. The number of nitrogens with one attached hydrogen (secondary N) is 1. The van der Waals surface area contributed by atoms with Crippen molar-refractivity contribution in [3.05, 3.63) is 69.2 Å². The Morgan fingerprint density at radius 1 is 1.22 bits per heavy atom. The summed E-state index contributed by atoms with van der Waals surface area (Å²) in [7, 11) is 0. The number of hydrogen-bond donors (Lipinski definition) is 1. The Labute approximate surface area is 161 Å². The number of nitrogens with zero attached hydrogens (tertiary/aromatic N) is 3. The van der Waals surface area contributed by atoms with Crippen molar-refractivity contribution in [3.63, 3.8) is 0 Å². The van der Waals surface area contributed by atoms with E-state index in [0.29, 0.717) is 5.92 Å². The van der Waals surface area contributed by atoms with Gasteiger partial charge in [-0.25, -0.2) is 14.5 Å². The molecule has 0 unspecified atom stereocenters. The molecule has 3 aromatic rings. The lowest BCUT2D eigenvalue weighted by atomic mass is 9.92. The van der Waals surface area contributed by atoms with Crippen molar-refractivity contribution in [2.24, 2.45) is 5.92 Å². The van der Waals surface area contributed by atoms with E-state index in [1.54, 1.807) is 4.57 Å². The first-order valence-corrected chi connectivity index (χ1v) is 10.1. The Bertz CT molecular complexity index is 982. The number of benzene rings is 1. The molecule has 2 aromatic heterocycles. The number of likely N-dealkylation sites (tertiary alicyclic amines) is 1. The highest BCUT2D eigenvalue weighted by atomic mass is 32.1. The molecule has 1 saturated heterocycles. The molecule has 1 aliphatic rings. The Kier molecular flexibility index (Phi) is 4.94. The number of aryl methyl sites for hydroxylation is 1.